The highest BCUT2D eigenvalue weighted by Crippen LogP contribution is 2.22. The molecule has 0 aromatic heterocycles. The van der Waals surface area contributed by atoms with Crippen LogP contribution in [0.25, 0.3) is 0 Å². The smallest absolute Gasteiger partial charge is 0.209 e. The zero-order valence-corrected chi connectivity index (χ0v) is 11.9. The van der Waals surface area contributed by atoms with Gasteiger partial charge >= 0.3 is 0 Å². The molecule has 2 N–H and O–H groups in total. The number of nitriles is 1. The minimum Gasteiger partial charge on any atom is -0.325 e. The standard InChI is InChI=1S/C12H14Cl2N4/c1-12(2,3)18-11(16-7-15)17-10-5-8(13)4-9(14)6-10/h4-6H,1-3H3,(H2,16,17,18). The number of aliphatic imine (C=N–C) groups is 1. The lowest BCUT2D eigenvalue weighted by atomic mass is 10.1. The van der Waals surface area contributed by atoms with Crippen LogP contribution in [-0.2, 0) is 0 Å². The van der Waals surface area contributed by atoms with Gasteiger partial charge in [-0.3, -0.25) is 5.32 Å². The van der Waals surface area contributed by atoms with E-state index < -0.39 is 0 Å². The Bertz CT molecular complexity index is 478. The molecular weight excluding hydrogens is 271 g/mol. The molecule has 0 heterocycles. The lowest BCUT2D eigenvalue weighted by Gasteiger charge is -2.16. The van der Waals surface area contributed by atoms with E-state index in [2.05, 4.69) is 15.6 Å². The molecule has 6 heteroatoms. The van der Waals surface area contributed by atoms with Gasteiger partial charge < -0.3 is 5.32 Å². The third-order valence-electron chi connectivity index (χ3n) is 1.75. The summed E-state index contributed by atoms with van der Waals surface area (Å²) >= 11 is 11.8. The summed E-state index contributed by atoms with van der Waals surface area (Å²) in [5, 5.41) is 15.2. The number of rotatable bonds is 1. The number of hydrogen-bond acceptors (Lipinski definition) is 2. The minimum atomic E-state index is -0.311. The fourth-order valence-corrected chi connectivity index (χ4v) is 1.76. The van der Waals surface area contributed by atoms with Crippen molar-refractivity contribution in [1.82, 2.24) is 5.32 Å². The van der Waals surface area contributed by atoms with E-state index in [-0.39, 0.29) is 5.54 Å². The van der Waals surface area contributed by atoms with Crippen molar-refractivity contribution in [1.29, 1.82) is 5.26 Å². The van der Waals surface area contributed by atoms with Gasteiger partial charge in [0.25, 0.3) is 0 Å². The van der Waals surface area contributed by atoms with Crippen molar-refractivity contribution < 1.29 is 0 Å². The fourth-order valence-electron chi connectivity index (χ4n) is 1.24. The van der Waals surface area contributed by atoms with E-state index >= 15 is 0 Å². The van der Waals surface area contributed by atoms with Crippen molar-refractivity contribution in [2.45, 2.75) is 26.3 Å². The summed E-state index contributed by atoms with van der Waals surface area (Å²) in [6, 6.07) is 5.03. The summed E-state index contributed by atoms with van der Waals surface area (Å²) in [5.74, 6) is 0.350. The Balaban J connectivity index is 2.97. The number of guanidine groups is 1. The molecule has 0 bridgehead atoms. The molecule has 0 aliphatic rings. The number of anilines is 1. The highest BCUT2D eigenvalue weighted by atomic mass is 35.5. The van der Waals surface area contributed by atoms with Crippen LogP contribution >= 0.6 is 23.2 Å². The number of benzene rings is 1. The maximum absolute atomic E-state index is 8.69. The molecule has 1 rings (SSSR count). The molecule has 0 aliphatic heterocycles. The second-order valence-corrected chi connectivity index (χ2v) is 5.52. The first-order valence-electron chi connectivity index (χ1n) is 5.28. The number of nitrogens with one attached hydrogen (secondary N) is 2. The molecule has 0 saturated carbocycles. The Hall–Kier alpha value is -1.44. The lowest BCUT2D eigenvalue weighted by Crippen LogP contribution is -2.30. The molecule has 4 nitrogen and oxygen atoms in total. The third kappa shape index (κ3) is 5.26. The zero-order valence-electron chi connectivity index (χ0n) is 10.4. The number of halogens is 2. The van der Waals surface area contributed by atoms with E-state index in [1.165, 1.54) is 0 Å². The van der Waals surface area contributed by atoms with Gasteiger partial charge in [0.05, 0.1) is 5.54 Å². The monoisotopic (exact) mass is 284 g/mol. The Labute approximate surface area is 117 Å². The van der Waals surface area contributed by atoms with Crippen LogP contribution in [0, 0.1) is 11.5 Å². The summed E-state index contributed by atoms with van der Waals surface area (Å²) in [7, 11) is 0. The normalized spacial score (nSPS) is 11.9. The van der Waals surface area contributed by atoms with Crippen LogP contribution in [0.2, 0.25) is 10.0 Å². The van der Waals surface area contributed by atoms with Crippen molar-refractivity contribution in [2.75, 3.05) is 5.32 Å². The predicted octanol–water partition coefficient (Wildman–Crippen LogP) is 3.63. The molecule has 1 aromatic rings. The van der Waals surface area contributed by atoms with Gasteiger partial charge in [0, 0.05) is 15.7 Å². The second-order valence-electron chi connectivity index (χ2n) is 4.65. The van der Waals surface area contributed by atoms with Gasteiger partial charge in [-0.05, 0) is 39.0 Å². The third-order valence-corrected chi connectivity index (χ3v) is 2.18. The summed E-state index contributed by atoms with van der Waals surface area (Å²) in [5.41, 5.74) is 0.354. The zero-order chi connectivity index (χ0) is 13.8. The number of nitrogens with zero attached hydrogens (tertiary/aromatic N) is 2. The molecule has 0 amide bonds. The Kier molecular flexibility index (Phi) is 4.83. The van der Waals surface area contributed by atoms with E-state index in [9.17, 15) is 0 Å². The van der Waals surface area contributed by atoms with Crippen molar-refractivity contribution in [3.63, 3.8) is 0 Å². The molecule has 0 spiro atoms. The highest BCUT2D eigenvalue weighted by Gasteiger charge is 2.10. The van der Waals surface area contributed by atoms with Gasteiger partial charge in [0.15, 0.2) is 6.19 Å². The van der Waals surface area contributed by atoms with Gasteiger partial charge in [-0.2, -0.15) is 5.26 Å². The first kappa shape index (κ1) is 14.6. The van der Waals surface area contributed by atoms with E-state index in [4.69, 9.17) is 28.5 Å². The van der Waals surface area contributed by atoms with Gasteiger partial charge in [0.2, 0.25) is 5.96 Å². The van der Waals surface area contributed by atoms with Gasteiger partial charge in [-0.1, -0.05) is 23.2 Å². The Morgan fingerprint density at radius 2 is 1.78 bits per heavy atom. The van der Waals surface area contributed by atoms with Crippen LogP contribution in [0.5, 0.6) is 0 Å². The van der Waals surface area contributed by atoms with Crippen LogP contribution in [0.3, 0.4) is 0 Å². The molecule has 1 aromatic carbocycles. The minimum absolute atomic E-state index is 0.311. The molecule has 0 fully saturated rings. The van der Waals surface area contributed by atoms with E-state index in [0.29, 0.717) is 21.7 Å². The lowest BCUT2D eigenvalue weighted by molar-refractivity contribution is 0.581. The highest BCUT2D eigenvalue weighted by molar-refractivity contribution is 6.35. The molecule has 0 aliphatic carbocycles. The van der Waals surface area contributed by atoms with Crippen LogP contribution in [0.4, 0.5) is 5.69 Å². The fraction of sp³-hybridized carbons (Fsp3) is 0.333. The molecule has 0 radical (unpaired) electrons. The van der Waals surface area contributed by atoms with Gasteiger partial charge in [-0.25, -0.2) is 4.99 Å². The first-order chi connectivity index (χ1) is 8.30. The van der Waals surface area contributed by atoms with Crippen molar-refractivity contribution in [3.05, 3.63) is 28.2 Å². The maximum atomic E-state index is 8.69. The number of hydrogen-bond donors (Lipinski definition) is 2. The average Bonchev–Trinajstić information content (AvgIpc) is 2.12. The van der Waals surface area contributed by atoms with Gasteiger partial charge in [0.1, 0.15) is 0 Å². The topological polar surface area (TPSA) is 60.2 Å². The Morgan fingerprint density at radius 1 is 1.22 bits per heavy atom. The molecule has 0 unspecified atom stereocenters. The average molecular weight is 285 g/mol. The van der Waals surface area contributed by atoms with E-state index in [1.54, 1.807) is 18.2 Å². The van der Waals surface area contributed by atoms with E-state index in [1.807, 2.05) is 27.0 Å². The molecule has 96 valence electrons. The van der Waals surface area contributed by atoms with Crippen LogP contribution in [0.15, 0.2) is 23.2 Å². The largest absolute Gasteiger partial charge is 0.325 e. The molecule has 0 atom stereocenters. The molecular formula is C12H14Cl2N4. The summed E-state index contributed by atoms with van der Waals surface area (Å²) in [4.78, 5) is 4.34. The van der Waals surface area contributed by atoms with Crippen LogP contribution in [0.1, 0.15) is 20.8 Å². The molecule has 18 heavy (non-hydrogen) atoms. The second kappa shape index (κ2) is 5.94. The summed E-state index contributed by atoms with van der Waals surface area (Å²) in [6.07, 6.45) is 1.83. The van der Waals surface area contributed by atoms with Crippen LogP contribution < -0.4 is 10.6 Å². The summed E-state index contributed by atoms with van der Waals surface area (Å²) in [6.45, 7) is 5.79. The Morgan fingerprint density at radius 3 is 2.22 bits per heavy atom. The van der Waals surface area contributed by atoms with Crippen molar-refractivity contribution >= 4 is 34.8 Å². The summed E-state index contributed by atoms with van der Waals surface area (Å²) < 4.78 is 0. The van der Waals surface area contributed by atoms with Crippen molar-refractivity contribution in [3.8, 4) is 6.19 Å². The first-order valence-corrected chi connectivity index (χ1v) is 6.04. The SMILES string of the molecule is CC(C)(C)/N=C(\NC#N)Nc1cc(Cl)cc(Cl)c1. The van der Waals surface area contributed by atoms with E-state index in [0.717, 1.165) is 0 Å². The quantitative estimate of drug-likeness (QED) is 0.358. The van der Waals surface area contributed by atoms with Crippen LogP contribution in [-0.4, -0.2) is 11.5 Å². The maximum Gasteiger partial charge on any atom is 0.209 e. The predicted molar refractivity (Wildman–Crippen MR) is 76.0 cm³/mol. The molecule has 0 saturated heterocycles. The van der Waals surface area contributed by atoms with Crippen molar-refractivity contribution in [2.24, 2.45) is 4.99 Å². The van der Waals surface area contributed by atoms with Gasteiger partial charge in [-0.15, -0.1) is 0 Å².